The molecule has 0 aliphatic heterocycles. The summed E-state index contributed by atoms with van der Waals surface area (Å²) in [6.45, 7) is 0. The van der Waals surface area contributed by atoms with Gasteiger partial charge in [-0.05, 0) is 24.3 Å². The number of hydrogen-bond acceptors (Lipinski definition) is 5. The second kappa shape index (κ2) is 6.59. The van der Waals surface area contributed by atoms with E-state index in [1.54, 1.807) is 0 Å². The van der Waals surface area contributed by atoms with Crippen molar-refractivity contribution in [2.75, 3.05) is 14.2 Å². The van der Waals surface area contributed by atoms with Crippen LogP contribution in [0.3, 0.4) is 0 Å². The van der Waals surface area contributed by atoms with Crippen LogP contribution < -0.4 is 0 Å². The summed E-state index contributed by atoms with van der Waals surface area (Å²) in [5.74, 6) is 0.339. The second-order valence-corrected chi connectivity index (χ2v) is 2.17. The first-order chi connectivity index (χ1) is 6.60. The van der Waals surface area contributed by atoms with Gasteiger partial charge in [0.15, 0.2) is 0 Å². The first-order valence-electron chi connectivity index (χ1n) is 3.70. The van der Waals surface area contributed by atoms with Gasteiger partial charge in [0.1, 0.15) is 11.5 Å². The van der Waals surface area contributed by atoms with Crippen molar-refractivity contribution in [3.05, 3.63) is 24.3 Å². The van der Waals surface area contributed by atoms with E-state index in [-0.39, 0.29) is 11.5 Å². The fraction of sp³-hybridized carbons (Fsp3) is 0.222. The molecule has 0 fully saturated rings. The predicted octanol–water partition coefficient (Wildman–Crippen LogP) is 1.50. The minimum Gasteiger partial charge on any atom is -0.508 e. The van der Waals surface area contributed by atoms with Gasteiger partial charge in [-0.25, -0.2) is 4.79 Å². The number of methoxy groups -OCH3 is 2. The van der Waals surface area contributed by atoms with Gasteiger partial charge in [0.05, 0.1) is 14.2 Å². The molecule has 5 heteroatoms. The van der Waals surface area contributed by atoms with Crippen LogP contribution in [0.25, 0.3) is 0 Å². The highest BCUT2D eigenvalue weighted by Crippen LogP contribution is 2.13. The van der Waals surface area contributed by atoms with Gasteiger partial charge in [0.25, 0.3) is 0 Å². The quantitative estimate of drug-likeness (QED) is 0.490. The van der Waals surface area contributed by atoms with Crippen molar-refractivity contribution in [1.82, 2.24) is 0 Å². The summed E-state index contributed by atoms with van der Waals surface area (Å²) < 4.78 is 8.08. The van der Waals surface area contributed by atoms with Crippen molar-refractivity contribution in [1.29, 1.82) is 0 Å². The van der Waals surface area contributed by atoms with Crippen LogP contribution in [0.4, 0.5) is 4.79 Å². The minimum absolute atomic E-state index is 0.169. The fourth-order valence-corrected chi connectivity index (χ4v) is 0.536. The van der Waals surface area contributed by atoms with E-state index in [4.69, 9.17) is 10.2 Å². The van der Waals surface area contributed by atoms with Gasteiger partial charge >= 0.3 is 6.16 Å². The first kappa shape index (κ1) is 12.1. The Morgan fingerprint density at radius 2 is 1.29 bits per heavy atom. The second-order valence-electron chi connectivity index (χ2n) is 2.17. The summed E-state index contributed by atoms with van der Waals surface area (Å²) in [5.41, 5.74) is 0. The first-order valence-corrected chi connectivity index (χ1v) is 3.70. The molecule has 0 aliphatic carbocycles. The molecule has 0 spiro atoms. The number of hydrogen-bond donors (Lipinski definition) is 2. The van der Waals surface area contributed by atoms with E-state index >= 15 is 0 Å². The Morgan fingerprint density at radius 1 is 1.00 bits per heavy atom. The topological polar surface area (TPSA) is 76.0 Å². The molecule has 0 amide bonds. The van der Waals surface area contributed by atoms with E-state index in [0.29, 0.717) is 0 Å². The van der Waals surface area contributed by atoms with Gasteiger partial charge in [0, 0.05) is 0 Å². The zero-order valence-electron chi connectivity index (χ0n) is 7.93. The van der Waals surface area contributed by atoms with Crippen LogP contribution >= 0.6 is 0 Å². The summed E-state index contributed by atoms with van der Waals surface area (Å²) >= 11 is 0. The molecule has 2 N–H and O–H groups in total. The van der Waals surface area contributed by atoms with Crippen molar-refractivity contribution < 1.29 is 24.5 Å². The van der Waals surface area contributed by atoms with E-state index in [9.17, 15) is 4.79 Å². The highest BCUT2D eigenvalue weighted by molar-refractivity contribution is 5.59. The molecule has 78 valence electrons. The highest BCUT2D eigenvalue weighted by Gasteiger charge is 1.88. The Kier molecular flexibility index (Phi) is 5.69. The van der Waals surface area contributed by atoms with Crippen LogP contribution in [-0.2, 0) is 9.47 Å². The molecule has 0 atom stereocenters. The summed E-state index contributed by atoms with van der Waals surface area (Å²) in [5, 5.41) is 17.3. The van der Waals surface area contributed by atoms with E-state index in [2.05, 4.69) is 9.47 Å². The van der Waals surface area contributed by atoms with Crippen LogP contribution in [0.5, 0.6) is 11.5 Å². The molecule has 5 nitrogen and oxygen atoms in total. The molecule has 0 unspecified atom stereocenters. The van der Waals surface area contributed by atoms with Gasteiger partial charge in [-0.15, -0.1) is 0 Å². The van der Waals surface area contributed by atoms with Crippen LogP contribution in [0.2, 0.25) is 0 Å². The molecule has 0 aromatic heterocycles. The molecule has 1 aromatic rings. The summed E-state index contributed by atoms with van der Waals surface area (Å²) in [7, 11) is 2.51. The van der Waals surface area contributed by atoms with Gasteiger partial charge in [-0.2, -0.15) is 0 Å². The molecule has 0 heterocycles. The van der Waals surface area contributed by atoms with E-state index in [1.807, 2.05) is 0 Å². The maximum atomic E-state index is 9.74. The summed E-state index contributed by atoms with van der Waals surface area (Å²) in [6.07, 6.45) is -0.657. The lowest BCUT2D eigenvalue weighted by molar-refractivity contribution is 0.0924. The molecule has 0 saturated carbocycles. The Bertz CT molecular complexity index is 240. The van der Waals surface area contributed by atoms with E-state index in [1.165, 1.54) is 38.5 Å². The summed E-state index contributed by atoms with van der Waals surface area (Å²) in [4.78, 5) is 9.74. The largest absolute Gasteiger partial charge is 0.508 e. The Morgan fingerprint density at radius 3 is 1.43 bits per heavy atom. The lowest BCUT2D eigenvalue weighted by Crippen LogP contribution is -1.97. The van der Waals surface area contributed by atoms with Crippen molar-refractivity contribution in [2.45, 2.75) is 0 Å². The van der Waals surface area contributed by atoms with Gasteiger partial charge < -0.3 is 19.7 Å². The average molecular weight is 200 g/mol. The van der Waals surface area contributed by atoms with Crippen molar-refractivity contribution in [2.24, 2.45) is 0 Å². The van der Waals surface area contributed by atoms with Crippen LogP contribution in [-0.4, -0.2) is 30.6 Å². The molecule has 0 bridgehead atoms. The third-order valence-corrected chi connectivity index (χ3v) is 1.18. The predicted molar refractivity (Wildman–Crippen MR) is 49.2 cm³/mol. The number of aromatic hydroxyl groups is 2. The third kappa shape index (κ3) is 5.70. The Balaban J connectivity index is 0.000000255. The fourth-order valence-electron chi connectivity index (χ4n) is 0.536. The Hall–Kier alpha value is -1.91. The van der Waals surface area contributed by atoms with E-state index in [0.717, 1.165) is 0 Å². The van der Waals surface area contributed by atoms with E-state index < -0.39 is 6.16 Å². The average Bonchev–Trinajstić information content (AvgIpc) is 2.22. The smallest absolute Gasteiger partial charge is 0.507 e. The number of carbonyl (C=O) groups excluding carboxylic acids is 1. The molecule has 0 aliphatic rings. The van der Waals surface area contributed by atoms with Gasteiger partial charge in [-0.1, -0.05) is 0 Å². The van der Waals surface area contributed by atoms with Gasteiger partial charge in [-0.3, -0.25) is 0 Å². The monoisotopic (exact) mass is 200 g/mol. The molecule has 14 heavy (non-hydrogen) atoms. The van der Waals surface area contributed by atoms with Crippen LogP contribution in [0, 0.1) is 0 Å². The Labute approximate surface area is 81.5 Å². The normalized spacial score (nSPS) is 8.14. The number of carbonyl (C=O) groups is 1. The van der Waals surface area contributed by atoms with Crippen molar-refractivity contribution in [3.63, 3.8) is 0 Å². The minimum atomic E-state index is -0.657. The number of benzene rings is 1. The van der Waals surface area contributed by atoms with Crippen LogP contribution in [0.15, 0.2) is 24.3 Å². The van der Waals surface area contributed by atoms with Crippen LogP contribution in [0.1, 0.15) is 0 Å². The van der Waals surface area contributed by atoms with Crippen molar-refractivity contribution in [3.8, 4) is 11.5 Å². The maximum absolute atomic E-state index is 9.74. The molecule has 0 saturated heterocycles. The zero-order valence-corrected chi connectivity index (χ0v) is 7.93. The molecular weight excluding hydrogens is 188 g/mol. The lowest BCUT2D eigenvalue weighted by atomic mass is 10.3. The third-order valence-electron chi connectivity index (χ3n) is 1.18. The lowest BCUT2D eigenvalue weighted by Gasteiger charge is -1.89. The standard InChI is InChI=1S/C6H6O2.C3H6O3/c7-5-1-2-6(8)4-3-5;1-5-3(4)6-2/h1-4,7-8H;1-2H3. The molecule has 0 radical (unpaired) electrons. The number of phenols is 2. The summed E-state index contributed by atoms with van der Waals surface area (Å²) in [6, 6.07) is 5.70. The number of phenolic OH excluding ortho intramolecular Hbond substituents is 2. The maximum Gasteiger partial charge on any atom is 0.507 e. The molecular formula is C9H12O5. The zero-order chi connectivity index (χ0) is 11.0. The SMILES string of the molecule is COC(=O)OC.Oc1ccc(O)cc1. The molecule has 1 aromatic carbocycles. The number of ether oxygens (including phenoxy) is 2. The molecule has 1 rings (SSSR count). The highest BCUT2D eigenvalue weighted by atomic mass is 16.7. The van der Waals surface area contributed by atoms with Crippen molar-refractivity contribution >= 4 is 6.16 Å². The number of rotatable bonds is 0. The van der Waals surface area contributed by atoms with Gasteiger partial charge in [0.2, 0.25) is 0 Å².